The third kappa shape index (κ3) is 5.48. The fourth-order valence-electron chi connectivity index (χ4n) is 4.76. The number of hydrogen-bond acceptors (Lipinski definition) is 9. The lowest BCUT2D eigenvalue weighted by atomic mass is 9.92. The summed E-state index contributed by atoms with van der Waals surface area (Å²) in [5.41, 5.74) is 6.17. The fourth-order valence-corrected chi connectivity index (χ4v) is 4.76. The lowest BCUT2D eigenvalue weighted by Gasteiger charge is -2.35. The van der Waals surface area contributed by atoms with E-state index in [1.54, 1.807) is 6.20 Å². The van der Waals surface area contributed by atoms with Crippen molar-refractivity contribution in [1.29, 1.82) is 10.7 Å². The number of nitriles is 1. The SMILES string of the molecule is CCc1ccc(CN2CCN(c3ccc(C4=NC(c5cc(C)[nH]n5)=CNC4C(C#N)C=N)cn3)CC2)cn1. The van der Waals surface area contributed by atoms with Gasteiger partial charge in [0.1, 0.15) is 23.1 Å². The van der Waals surface area contributed by atoms with Crippen LogP contribution in [0, 0.1) is 29.6 Å². The fraction of sp³-hybridized carbons (Fsp3) is 0.357. The molecule has 3 aromatic rings. The maximum Gasteiger partial charge on any atom is 0.128 e. The van der Waals surface area contributed by atoms with Crippen molar-refractivity contribution in [2.45, 2.75) is 32.9 Å². The highest BCUT2D eigenvalue weighted by atomic mass is 15.3. The molecule has 0 aliphatic carbocycles. The van der Waals surface area contributed by atoms with E-state index in [4.69, 9.17) is 15.4 Å². The third-order valence-corrected chi connectivity index (χ3v) is 6.99. The minimum atomic E-state index is -0.659. The topological polar surface area (TPSA) is 133 Å². The summed E-state index contributed by atoms with van der Waals surface area (Å²) in [5.74, 6) is 0.263. The summed E-state index contributed by atoms with van der Waals surface area (Å²) in [6.45, 7) is 8.67. The van der Waals surface area contributed by atoms with Crippen molar-refractivity contribution in [3.05, 3.63) is 77.1 Å². The van der Waals surface area contributed by atoms with Crippen LogP contribution in [0.2, 0.25) is 0 Å². The molecule has 1 saturated heterocycles. The van der Waals surface area contributed by atoms with Crippen LogP contribution in [0.3, 0.4) is 0 Å². The molecule has 2 aliphatic heterocycles. The smallest absolute Gasteiger partial charge is 0.128 e. The average Bonchev–Trinajstić information content (AvgIpc) is 3.41. The number of nitrogens with one attached hydrogen (secondary N) is 3. The van der Waals surface area contributed by atoms with Gasteiger partial charge in [-0.3, -0.25) is 15.0 Å². The second-order valence-corrected chi connectivity index (χ2v) is 9.61. The molecular formula is C28H32N10. The van der Waals surface area contributed by atoms with Gasteiger partial charge in [-0.1, -0.05) is 13.0 Å². The number of aromatic nitrogens is 4. The zero-order valence-electron chi connectivity index (χ0n) is 21.7. The number of aliphatic imine (C=N–C) groups is 1. The van der Waals surface area contributed by atoms with Crippen LogP contribution in [0.1, 0.15) is 35.1 Å². The normalized spacial score (nSPS) is 18.7. The molecule has 0 amide bonds. The number of aryl methyl sites for hydroxylation is 2. The maximum absolute atomic E-state index is 9.62. The highest BCUT2D eigenvalue weighted by molar-refractivity contribution is 6.09. The van der Waals surface area contributed by atoms with Crippen molar-refractivity contribution >= 4 is 23.4 Å². The molecule has 0 bridgehead atoms. The number of aromatic amines is 1. The first kappa shape index (κ1) is 25.3. The van der Waals surface area contributed by atoms with E-state index in [1.165, 1.54) is 5.56 Å². The highest BCUT2D eigenvalue weighted by Gasteiger charge is 2.29. The molecule has 2 unspecified atom stereocenters. The van der Waals surface area contributed by atoms with Gasteiger partial charge in [-0.15, -0.1) is 0 Å². The molecule has 0 saturated carbocycles. The van der Waals surface area contributed by atoms with E-state index in [9.17, 15) is 5.26 Å². The van der Waals surface area contributed by atoms with Crippen LogP contribution in [0.15, 0.2) is 53.9 Å². The summed E-state index contributed by atoms with van der Waals surface area (Å²) in [4.78, 5) is 18.9. The van der Waals surface area contributed by atoms with Crippen LogP contribution in [0.5, 0.6) is 0 Å². The summed E-state index contributed by atoms with van der Waals surface area (Å²) >= 11 is 0. The Hall–Kier alpha value is -4.36. The monoisotopic (exact) mass is 508 g/mol. The molecule has 2 atom stereocenters. The molecule has 10 nitrogen and oxygen atoms in total. The van der Waals surface area contributed by atoms with Gasteiger partial charge >= 0.3 is 0 Å². The van der Waals surface area contributed by atoms with Crippen LogP contribution >= 0.6 is 0 Å². The van der Waals surface area contributed by atoms with Gasteiger partial charge in [0.2, 0.25) is 0 Å². The molecule has 3 aromatic heterocycles. The first-order valence-corrected chi connectivity index (χ1v) is 12.9. The Kier molecular flexibility index (Phi) is 7.56. The van der Waals surface area contributed by atoms with Crippen molar-refractivity contribution in [2.75, 3.05) is 31.1 Å². The first-order chi connectivity index (χ1) is 18.6. The Bertz CT molecular complexity index is 1360. The predicted octanol–water partition coefficient (Wildman–Crippen LogP) is 2.94. The average molecular weight is 509 g/mol. The van der Waals surface area contributed by atoms with Gasteiger partial charge in [-0.25, -0.2) is 9.98 Å². The Balaban J connectivity index is 1.28. The molecule has 2 aliphatic rings. The lowest BCUT2D eigenvalue weighted by molar-refractivity contribution is 0.249. The molecule has 0 spiro atoms. The first-order valence-electron chi connectivity index (χ1n) is 12.9. The minimum Gasteiger partial charge on any atom is -0.379 e. The molecule has 3 N–H and O–H groups in total. The Morgan fingerprint density at radius 3 is 2.61 bits per heavy atom. The third-order valence-electron chi connectivity index (χ3n) is 6.99. The van der Waals surface area contributed by atoms with Crippen molar-refractivity contribution in [3.63, 3.8) is 0 Å². The van der Waals surface area contributed by atoms with Crippen LogP contribution in [0.4, 0.5) is 5.82 Å². The standard InChI is InChI=1S/C28H32N10/c1-3-23-6-4-20(15-31-23)18-37-8-10-38(11-9-37)26-7-5-21(16-32-26)28-27(22(13-29)14-30)33-17-25(34-28)24-12-19(2)35-36-24/h4-7,12-13,15-17,22,27,29,33H,3,8-11,18H2,1-2H3,(H,35,36). The maximum atomic E-state index is 9.62. The van der Waals surface area contributed by atoms with Gasteiger partial charge < -0.3 is 15.6 Å². The number of H-pyrrole nitrogens is 1. The van der Waals surface area contributed by atoms with E-state index in [0.29, 0.717) is 17.1 Å². The van der Waals surface area contributed by atoms with Gasteiger partial charge in [0.05, 0.1) is 17.8 Å². The molecular weight excluding hydrogens is 476 g/mol. The van der Waals surface area contributed by atoms with E-state index < -0.39 is 12.0 Å². The number of rotatable bonds is 8. The second kappa shape index (κ2) is 11.4. The van der Waals surface area contributed by atoms with E-state index in [2.05, 4.69) is 55.4 Å². The summed E-state index contributed by atoms with van der Waals surface area (Å²) in [6.07, 6.45) is 7.67. The number of pyridine rings is 2. The van der Waals surface area contributed by atoms with Crippen molar-refractivity contribution in [3.8, 4) is 6.07 Å². The Morgan fingerprint density at radius 2 is 2.00 bits per heavy atom. The van der Waals surface area contributed by atoms with Gasteiger partial charge in [0.25, 0.3) is 0 Å². The van der Waals surface area contributed by atoms with Gasteiger partial charge in [0.15, 0.2) is 0 Å². The van der Waals surface area contributed by atoms with Crippen LogP contribution in [0.25, 0.3) is 5.70 Å². The molecule has 0 aromatic carbocycles. The van der Waals surface area contributed by atoms with Crippen molar-refractivity contribution < 1.29 is 0 Å². The lowest BCUT2D eigenvalue weighted by Crippen LogP contribution is -2.46. The molecule has 5 rings (SSSR count). The number of nitrogens with zero attached hydrogens (tertiary/aromatic N) is 7. The van der Waals surface area contributed by atoms with Crippen molar-refractivity contribution in [1.82, 2.24) is 30.4 Å². The van der Waals surface area contributed by atoms with Crippen molar-refractivity contribution in [2.24, 2.45) is 10.9 Å². The molecule has 5 heterocycles. The van der Waals surface area contributed by atoms with Crippen LogP contribution < -0.4 is 10.2 Å². The van der Waals surface area contributed by atoms with E-state index in [-0.39, 0.29) is 0 Å². The summed E-state index contributed by atoms with van der Waals surface area (Å²) in [7, 11) is 0. The molecule has 1 fully saturated rings. The summed E-state index contributed by atoms with van der Waals surface area (Å²) in [5, 5.41) is 27.9. The van der Waals surface area contributed by atoms with Gasteiger partial charge in [0, 0.05) is 74.5 Å². The largest absolute Gasteiger partial charge is 0.379 e. The summed E-state index contributed by atoms with van der Waals surface area (Å²) < 4.78 is 0. The van der Waals surface area contributed by atoms with Gasteiger partial charge in [-0.2, -0.15) is 10.4 Å². The van der Waals surface area contributed by atoms with Crippen LogP contribution in [-0.4, -0.2) is 69.2 Å². The second-order valence-electron chi connectivity index (χ2n) is 9.61. The summed E-state index contributed by atoms with van der Waals surface area (Å²) in [6, 6.07) is 12.0. The Labute approximate surface area is 222 Å². The highest BCUT2D eigenvalue weighted by Crippen LogP contribution is 2.24. The molecule has 38 heavy (non-hydrogen) atoms. The van der Waals surface area contributed by atoms with Gasteiger partial charge in [-0.05, 0) is 43.2 Å². The minimum absolute atomic E-state index is 0.446. The van der Waals surface area contributed by atoms with E-state index in [0.717, 1.165) is 68.1 Å². The predicted molar refractivity (Wildman–Crippen MR) is 148 cm³/mol. The number of piperazine rings is 1. The van der Waals surface area contributed by atoms with Crippen LogP contribution in [-0.2, 0) is 13.0 Å². The number of anilines is 1. The zero-order valence-corrected chi connectivity index (χ0v) is 21.7. The molecule has 0 radical (unpaired) electrons. The molecule has 194 valence electrons. The Morgan fingerprint density at radius 1 is 1.16 bits per heavy atom. The zero-order chi connectivity index (χ0) is 26.5. The number of hydrogen-bond donors (Lipinski definition) is 3. The quantitative estimate of drug-likeness (QED) is 0.399. The van der Waals surface area contributed by atoms with E-state index in [1.807, 2.05) is 37.5 Å². The molecule has 10 heteroatoms. The van der Waals surface area contributed by atoms with E-state index >= 15 is 0 Å².